The van der Waals surface area contributed by atoms with Crippen LogP contribution in [0.5, 0.6) is 0 Å². The number of carbonyl (C=O) groups excluding carboxylic acids is 1. The molecule has 0 aliphatic carbocycles. The molecule has 2 N–H and O–H groups in total. The number of nitrogens with zero attached hydrogens (tertiary/aromatic N) is 2. The number of hydrogen-bond acceptors (Lipinski definition) is 3. The van der Waals surface area contributed by atoms with Crippen molar-refractivity contribution in [2.45, 2.75) is 39.2 Å². The summed E-state index contributed by atoms with van der Waals surface area (Å²) in [4.78, 5) is 20.2. The van der Waals surface area contributed by atoms with Gasteiger partial charge in [-0.2, -0.15) is 0 Å². The molecule has 2 heterocycles. The van der Waals surface area contributed by atoms with Crippen molar-refractivity contribution in [2.75, 3.05) is 32.8 Å². The first-order valence-corrected chi connectivity index (χ1v) is 9.32. The fourth-order valence-electron chi connectivity index (χ4n) is 3.81. The molecule has 0 saturated carbocycles. The second-order valence-electron chi connectivity index (χ2n) is 6.97. The number of aromatic amines is 1. The van der Waals surface area contributed by atoms with Gasteiger partial charge in [-0.1, -0.05) is 25.1 Å². The molecular weight excluding hydrogens is 314 g/mol. The van der Waals surface area contributed by atoms with Crippen molar-refractivity contribution in [1.29, 1.82) is 0 Å². The third-order valence-electron chi connectivity index (χ3n) is 5.48. The molecule has 1 aromatic carbocycles. The lowest BCUT2D eigenvalue weighted by Crippen LogP contribution is -2.52. The summed E-state index contributed by atoms with van der Waals surface area (Å²) < 4.78 is 0. The highest BCUT2D eigenvalue weighted by Crippen LogP contribution is 2.22. The average Bonchev–Trinajstić information content (AvgIpc) is 3.06. The van der Waals surface area contributed by atoms with Crippen molar-refractivity contribution in [3.63, 3.8) is 0 Å². The molecule has 1 unspecified atom stereocenters. The predicted octanol–water partition coefficient (Wildman–Crippen LogP) is 2.32. The summed E-state index contributed by atoms with van der Waals surface area (Å²) >= 11 is 0. The number of aliphatic hydroxyl groups excluding tert-OH is 1. The maximum absolute atomic E-state index is 12.6. The fourth-order valence-corrected chi connectivity index (χ4v) is 3.81. The topological polar surface area (TPSA) is 59.6 Å². The Kier molecular flexibility index (Phi) is 5.76. The van der Waals surface area contributed by atoms with E-state index in [0.717, 1.165) is 39.0 Å². The van der Waals surface area contributed by atoms with Gasteiger partial charge in [-0.05, 0) is 30.9 Å². The molecule has 0 bridgehead atoms. The summed E-state index contributed by atoms with van der Waals surface area (Å²) in [6, 6.07) is 6.52. The second-order valence-corrected chi connectivity index (χ2v) is 6.97. The van der Waals surface area contributed by atoms with Crippen molar-refractivity contribution in [1.82, 2.24) is 14.8 Å². The van der Waals surface area contributed by atoms with Crippen molar-refractivity contribution in [2.24, 2.45) is 0 Å². The van der Waals surface area contributed by atoms with Crippen LogP contribution in [0.2, 0.25) is 0 Å². The van der Waals surface area contributed by atoms with E-state index in [1.54, 1.807) is 0 Å². The van der Waals surface area contributed by atoms with Crippen LogP contribution in [0.25, 0.3) is 10.9 Å². The third-order valence-corrected chi connectivity index (χ3v) is 5.48. The minimum Gasteiger partial charge on any atom is -0.395 e. The van der Waals surface area contributed by atoms with E-state index >= 15 is 0 Å². The number of hydrogen-bond donors (Lipinski definition) is 2. The number of carbonyl (C=O) groups is 1. The van der Waals surface area contributed by atoms with Crippen LogP contribution in [0.15, 0.2) is 24.4 Å². The van der Waals surface area contributed by atoms with E-state index in [9.17, 15) is 9.90 Å². The van der Waals surface area contributed by atoms with Gasteiger partial charge in [0.1, 0.15) is 0 Å². The molecule has 1 amide bonds. The van der Waals surface area contributed by atoms with Gasteiger partial charge in [-0.15, -0.1) is 0 Å². The van der Waals surface area contributed by atoms with E-state index in [2.05, 4.69) is 41.9 Å². The molecule has 3 rings (SSSR count). The molecule has 0 radical (unpaired) electrons. The Hall–Kier alpha value is -1.85. The van der Waals surface area contributed by atoms with Gasteiger partial charge in [0.25, 0.3) is 0 Å². The lowest BCUT2D eigenvalue weighted by molar-refractivity contribution is -0.133. The summed E-state index contributed by atoms with van der Waals surface area (Å²) in [5.74, 6) is 0.235. The average molecular weight is 343 g/mol. The normalized spacial score (nSPS) is 17.2. The number of rotatable bonds is 6. The first kappa shape index (κ1) is 18.0. The monoisotopic (exact) mass is 343 g/mol. The Bertz CT molecular complexity index is 713. The van der Waals surface area contributed by atoms with E-state index in [0.29, 0.717) is 6.42 Å². The quantitative estimate of drug-likeness (QED) is 0.846. The van der Waals surface area contributed by atoms with Crippen LogP contribution in [0.1, 0.15) is 30.9 Å². The van der Waals surface area contributed by atoms with Crippen LogP contribution in [0.3, 0.4) is 0 Å². The van der Waals surface area contributed by atoms with Crippen LogP contribution in [0, 0.1) is 6.92 Å². The third kappa shape index (κ3) is 3.88. The predicted molar refractivity (Wildman–Crippen MR) is 101 cm³/mol. The van der Waals surface area contributed by atoms with Crippen LogP contribution in [-0.2, 0) is 11.2 Å². The van der Waals surface area contributed by atoms with Gasteiger partial charge in [0, 0.05) is 55.7 Å². The minimum absolute atomic E-state index is 0.199. The van der Waals surface area contributed by atoms with Gasteiger partial charge in [0.2, 0.25) is 5.91 Å². The highest BCUT2D eigenvalue weighted by molar-refractivity contribution is 5.86. The van der Waals surface area contributed by atoms with Crippen LogP contribution in [-0.4, -0.2) is 64.6 Å². The standard InChI is InChI=1S/C20H29N3O2/c1-3-17(14-24)22-9-11-23(12-10-22)19(25)8-7-16-13-21-20-15(2)5-4-6-18(16)20/h4-6,13,17,21,24H,3,7-12,14H2,1-2H3. The number of para-hydroxylation sites is 1. The second kappa shape index (κ2) is 8.02. The van der Waals surface area contributed by atoms with E-state index in [4.69, 9.17) is 0 Å². The molecule has 1 aromatic heterocycles. The first-order chi connectivity index (χ1) is 12.1. The van der Waals surface area contributed by atoms with Crippen molar-refractivity contribution in [3.05, 3.63) is 35.5 Å². The zero-order valence-corrected chi connectivity index (χ0v) is 15.3. The zero-order chi connectivity index (χ0) is 17.8. The van der Waals surface area contributed by atoms with Crippen molar-refractivity contribution in [3.8, 4) is 0 Å². The van der Waals surface area contributed by atoms with E-state index < -0.39 is 0 Å². The van der Waals surface area contributed by atoms with Gasteiger partial charge in [-0.25, -0.2) is 0 Å². The van der Waals surface area contributed by atoms with Crippen molar-refractivity contribution < 1.29 is 9.90 Å². The SMILES string of the molecule is CCC(CO)N1CCN(C(=O)CCc2c[nH]c3c(C)cccc23)CC1. The molecule has 1 aliphatic heterocycles. The summed E-state index contributed by atoms with van der Waals surface area (Å²) in [7, 11) is 0. The molecule has 0 spiro atoms. The lowest BCUT2D eigenvalue weighted by Gasteiger charge is -2.38. The molecular formula is C20H29N3O2. The van der Waals surface area contributed by atoms with Crippen LogP contribution >= 0.6 is 0 Å². The van der Waals surface area contributed by atoms with E-state index in [1.807, 2.05) is 11.1 Å². The highest BCUT2D eigenvalue weighted by Gasteiger charge is 2.24. The van der Waals surface area contributed by atoms with Crippen LogP contribution in [0.4, 0.5) is 0 Å². The first-order valence-electron chi connectivity index (χ1n) is 9.32. The molecule has 136 valence electrons. The molecule has 5 nitrogen and oxygen atoms in total. The summed E-state index contributed by atoms with van der Waals surface area (Å²) in [6.45, 7) is 7.65. The van der Waals surface area contributed by atoms with Gasteiger partial charge in [-0.3, -0.25) is 9.69 Å². The Labute approximate surface area is 149 Å². The highest BCUT2D eigenvalue weighted by atomic mass is 16.3. The zero-order valence-electron chi connectivity index (χ0n) is 15.3. The van der Waals surface area contributed by atoms with E-state index in [1.165, 1.54) is 22.0 Å². The summed E-state index contributed by atoms with van der Waals surface area (Å²) in [5, 5.41) is 10.7. The van der Waals surface area contributed by atoms with Gasteiger partial charge in [0.15, 0.2) is 0 Å². The van der Waals surface area contributed by atoms with Gasteiger partial charge in [0.05, 0.1) is 6.61 Å². The Morgan fingerprint density at radius 2 is 2.04 bits per heavy atom. The number of piperazine rings is 1. The number of aryl methyl sites for hydroxylation is 2. The van der Waals surface area contributed by atoms with E-state index in [-0.39, 0.29) is 18.6 Å². The number of fused-ring (bicyclic) bond motifs is 1. The molecule has 5 heteroatoms. The number of benzene rings is 1. The number of H-pyrrole nitrogens is 1. The maximum atomic E-state index is 12.6. The lowest BCUT2D eigenvalue weighted by atomic mass is 10.1. The number of aliphatic hydroxyl groups is 1. The number of amides is 1. The Morgan fingerprint density at radius 3 is 2.72 bits per heavy atom. The Morgan fingerprint density at radius 1 is 1.28 bits per heavy atom. The van der Waals surface area contributed by atoms with Gasteiger partial charge < -0.3 is 15.0 Å². The largest absolute Gasteiger partial charge is 0.395 e. The summed E-state index contributed by atoms with van der Waals surface area (Å²) in [5.41, 5.74) is 3.63. The van der Waals surface area contributed by atoms with Crippen LogP contribution < -0.4 is 0 Å². The maximum Gasteiger partial charge on any atom is 0.222 e. The molecule has 25 heavy (non-hydrogen) atoms. The number of aromatic nitrogens is 1. The summed E-state index contributed by atoms with van der Waals surface area (Å²) in [6.07, 6.45) is 4.31. The fraction of sp³-hybridized carbons (Fsp3) is 0.550. The molecule has 1 atom stereocenters. The molecule has 2 aromatic rings. The molecule has 1 fully saturated rings. The van der Waals surface area contributed by atoms with Crippen molar-refractivity contribution >= 4 is 16.8 Å². The minimum atomic E-state index is 0.199. The van der Waals surface area contributed by atoms with Gasteiger partial charge >= 0.3 is 0 Å². The Balaban J connectivity index is 1.54. The molecule has 1 aliphatic rings. The number of nitrogens with one attached hydrogen (secondary N) is 1. The smallest absolute Gasteiger partial charge is 0.222 e. The molecule has 1 saturated heterocycles.